The highest BCUT2D eigenvalue weighted by Crippen LogP contribution is 2.29. The van der Waals surface area contributed by atoms with Crippen LogP contribution in [-0.2, 0) is 0 Å². The van der Waals surface area contributed by atoms with Gasteiger partial charge in [0, 0.05) is 17.6 Å². The largest absolute Gasteiger partial charge is 0.494 e. The fourth-order valence-corrected chi connectivity index (χ4v) is 2.17. The fourth-order valence-electron chi connectivity index (χ4n) is 1.53. The molecule has 1 heterocycles. The molecule has 2 rings (SSSR count). The summed E-state index contributed by atoms with van der Waals surface area (Å²) in [6.45, 7) is 2.00. The van der Waals surface area contributed by atoms with Crippen LogP contribution in [0.15, 0.2) is 29.8 Å². The smallest absolute Gasteiger partial charge is 0.144 e. The molecule has 1 N–H and O–H groups in total. The molecule has 1 aromatic heterocycles. The molecule has 0 saturated heterocycles. The molecule has 90 valence electrons. The second-order valence-corrected chi connectivity index (χ2v) is 4.51. The van der Waals surface area contributed by atoms with E-state index >= 15 is 0 Å². The summed E-state index contributed by atoms with van der Waals surface area (Å²) in [5.41, 5.74) is 0.761. The number of benzene rings is 1. The lowest BCUT2D eigenvalue weighted by Gasteiger charge is -2.15. The molecule has 0 saturated carbocycles. The van der Waals surface area contributed by atoms with E-state index in [1.54, 1.807) is 23.6 Å². The lowest BCUT2D eigenvalue weighted by Crippen LogP contribution is -2.07. The molecule has 0 fully saturated rings. The van der Waals surface area contributed by atoms with Gasteiger partial charge < -0.3 is 10.1 Å². The zero-order valence-electron chi connectivity index (χ0n) is 9.61. The van der Waals surface area contributed by atoms with Gasteiger partial charge in [-0.25, -0.2) is 9.37 Å². The molecule has 1 aromatic carbocycles. The predicted octanol–water partition coefficient (Wildman–Crippen LogP) is 3.46. The van der Waals surface area contributed by atoms with E-state index in [0.29, 0.717) is 5.75 Å². The van der Waals surface area contributed by atoms with Crippen LogP contribution in [0.2, 0.25) is 0 Å². The Morgan fingerprint density at radius 3 is 2.94 bits per heavy atom. The average molecular weight is 252 g/mol. The minimum atomic E-state index is -0.311. The summed E-state index contributed by atoms with van der Waals surface area (Å²) in [7, 11) is 1.52. The van der Waals surface area contributed by atoms with Crippen LogP contribution in [0.3, 0.4) is 0 Å². The molecule has 0 bridgehead atoms. The summed E-state index contributed by atoms with van der Waals surface area (Å²) < 4.78 is 18.2. The van der Waals surface area contributed by atoms with Crippen molar-refractivity contribution in [3.05, 3.63) is 40.6 Å². The number of nitrogens with one attached hydrogen (secondary N) is 1. The molecule has 0 radical (unpaired) electrons. The second-order valence-electron chi connectivity index (χ2n) is 3.58. The molecule has 17 heavy (non-hydrogen) atoms. The number of halogens is 1. The molecule has 0 aliphatic heterocycles. The summed E-state index contributed by atoms with van der Waals surface area (Å²) in [4.78, 5) is 4.23. The van der Waals surface area contributed by atoms with E-state index in [9.17, 15) is 4.39 Å². The average Bonchev–Trinajstić information content (AvgIpc) is 2.85. The summed E-state index contributed by atoms with van der Waals surface area (Å²) in [6, 6.07) is 4.49. The fraction of sp³-hybridized carbons (Fsp3) is 0.250. The lowest BCUT2D eigenvalue weighted by atomic mass is 10.2. The zero-order valence-corrected chi connectivity index (χ0v) is 10.4. The number of rotatable bonds is 4. The van der Waals surface area contributed by atoms with Gasteiger partial charge in [-0.15, -0.1) is 11.3 Å². The molecule has 5 heteroatoms. The monoisotopic (exact) mass is 252 g/mol. The molecule has 0 aliphatic rings. The Hall–Kier alpha value is -1.62. The number of hydrogen-bond acceptors (Lipinski definition) is 4. The van der Waals surface area contributed by atoms with Gasteiger partial charge >= 0.3 is 0 Å². The van der Waals surface area contributed by atoms with Crippen molar-refractivity contribution in [1.82, 2.24) is 4.98 Å². The van der Waals surface area contributed by atoms with Gasteiger partial charge in [0.25, 0.3) is 0 Å². The first-order valence-electron chi connectivity index (χ1n) is 5.20. The molecule has 0 aliphatic carbocycles. The summed E-state index contributed by atoms with van der Waals surface area (Å²) >= 11 is 1.58. The maximum atomic E-state index is 13.0. The number of hydrogen-bond donors (Lipinski definition) is 1. The van der Waals surface area contributed by atoms with E-state index in [0.717, 1.165) is 10.7 Å². The van der Waals surface area contributed by atoms with Crippen LogP contribution in [0, 0.1) is 5.82 Å². The molecule has 1 atom stereocenters. The third kappa shape index (κ3) is 2.74. The highest BCUT2D eigenvalue weighted by Gasteiger charge is 2.11. The van der Waals surface area contributed by atoms with Gasteiger partial charge in [0.2, 0.25) is 0 Å². The van der Waals surface area contributed by atoms with Gasteiger partial charge in [0.05, 0.1) is 18.8 Å². The first-order valence-corrected chi connectivity index (χ1v) is 6.08. The maximum absolute atomic E-state index is 13.0. The minimum Gasteiger partial charge on any atom is -0.494 e. The van der Waals surface area contributed by atoms with Crippen LogP contribution in [0.25, 0.3) is 0 Å². The summed E-state index contributed by atoms with van der Waals surface area (Å²) in [5.74, 6) is 0.183. The number of nitrogens with zero attached hydrogens (tertiary/aromatic N) is 1. The summed E-state index contributed by atoms with van der Waals surface area (Å²) in [5, 5.41) is 6.16. The summed E-state index contributed by atoms with van der Waals surface area (Å²) in [6.07, 6.45) is 1.76. The van der Waals surface area contributed by atoms with Gasteiger partial charge in [0.1, 0.15) is 16.6 Å². The van der Waals surface area contributed by atoms with Crippen molar-refractivity contribution in [2.45, 2.75) is 13.0 Å². The van der Waals surface area contributed by atoms with E-state index in [2.05, 4.69) is 10.3 Å². The predicted molar refractivity (Wildman–Crippen MR) is 67.1 cm³/mol. The van der Waals surface area contributed by atoms with Crippen molar-refractivity contribution >= 4 is 17.0 Å². The number of aromatic nitrogens is 1. The Labute approximate surface area is 103 Å². The number of methoxy groups -OCH3 is 1. The Bertz CT molecular complexity index is 487. The Morgan fingerprint density at radius 1 is 1.47 bits per heavy atom. The molecule has 3 nitrogen and oxygen atoms in total. The third-order valence-electron chi connectivity index (χ3n) is 2.36. The third-order valence-corrected chi connectivity index (χ3v) is 3.32. The van der Waals surface area contributed by atoms with Gasteiger partial charge in [-0.2, -0.15) is 0 Å². The molecule has 0 spiro atoms. The standard InChI is InChI=1S/C12H13FN2OS/c1-8(12-14-5-6-17-12)15-10-4-3-9(13)7-11(10)16-2/h3-8,15H,1-2H3. The topological polar surface area (TPSA) is 34.1 Å². The normalized spacial score (nSPS) is 12.2. The van der Waals surface area contributed by atoms with Crippen molar-refractivity contribution in [3.63, 3.8) is 0 Å². The van der Waals surface area contributed by atoms with Gasteiger partial charge in [-0.05, 0) is 19.1 Å². The first-order chi connectivity index (χ1) is 8.20. The Balaban J connectivity index is 2.18. The van der Waals surface area contributed by atoms with Crippen LogP contribution in [0.1, 0.15) is 18.0 Å². The molecule has 2 aromatic rings. The van der Waals surface area contributed by atoms with Gasteiger partial charge in [-0.3, -0.25) is 0 Å². The van der Waals surface area contributed by atoms with Crippen molar-refractivity contribution in [3.8, 4) is 5.75 Å². The number of ether oxygens (including phenoxy) is 1. The molecular formula is C12H13FN2OS. The lowest BCUT2D eigenvalue weighted by molar-refractivity contribution is 0.412. The molecule has 0 amide bonds. The van der Waals surface area contributed by atoms with Gasteiger partial charge in [0.15, 0.2) is 0 Å². The van der Waals surface area contributed by atoms with E-state index in [1.165, 1.54) is 19.2 Å². The van der Waals surface area contributed by atoms with Crippen molar-refractivity contribution in [2.75, 3.05) is 12.4 Å². The minimum absolute atomic E-state index is 0.0642. The quantitative estimate of drug-likeness (QED) is 0.904. The van der Waals surface area contributed by atoms with Crippen LogP contribution >= 0.6 is 11.3 Å². The van der Waals surface area contributed by atoms with E-state index in [1.807, 2.05) is 12.3 Å². The van der Waals surface area contributed by atoms with Crippen LogP contribution in [0.5, 0.6) is 5.75 Å². The van der Waals surface area contributed by atoms with E-state index in [4.69, 9.17) is 4.74 Å². The second kappa shape index (κ2) is 5.14. The first kappa shape index (κ1) is 11.9. The van der Waals surface area contributed by atoms with Crippen molar-refractivity contribution < 1.29 is 9.13 Å². The van der Waals surface area contributed by atoms with E-state index in [-0.39, 0.29) is 11.9 Å². The highest BCUT2D eigenvalue weighted by molar-refractivity contribution is 7.09. The SMILES string of the molecule is COc1cc(F)ccc1NC(C)c1nccs1. The van der Waals surface area contributed by atoms with Crippen molar-refractivity contribution in [1.29, 1.82) is 0 Å². The number of anilines is 1. The highest BCUT2D eigenvalue weighted by atomic mass is 32.1. The Kier molecular flexibility index (Phi) is 3.58. The van der Waals surface area contributed by atoms with Crippen LogP contribution in [0.4, 0.5) is 10.1 Å². The zero-order chi connectivity index (χ0) is 12.3. The van der Waals surface area contributed by atoms with E-state index < -0.39 is 0 Å². The van der Waals surface area contributed by atoms with Crippen LogP contribution < -0.4 is 10.1 Å². The molecule has 1 unspecified atom stereocenters. The van der Waals surface area contributed by atoms with Crippen LogP contribution in [-0.4, -0.2) is 12.1 Å². The Morgan fingerprint density at radius 2 is 2.29 bits per heavy atom. The molecular weight excluding hydrogens is 239 g/mol. The van der Waals surface area contributed by atoms with Crippen molar-refractivity contribution in [2.24, 2.45) is 0 Å². The number of thiazole rings is 1. The maximum Gasteiger partial charge on any atom is 0.144 e. The van der Waals surface area contributed by atoms with Gasteiger partial charge in [-0.1, -0.05) is 0 Å².